The third-order valence-corrected chi connectivity index (χ3v) is 6.08. The number of carbonyl (C=O) groups excluding carboxylic acids is 3. The first kappa shape index (κ1) is 22.5. The molecule has 2 amide bonds. The molecule has 2 aromatic carbocycles. The zero-order valence-electron chi connectivity index (χ0n) is 18.8. The maximum absolute atomic E-state index is 12.7. The van der Waals surface area contributed by atoms with Crippen LogP contribution in [-0.4, -0.2) is 62.5 Å². The number of carbonyl (C=O) groups is 3. The van der Waals surface area contributed by atoms with Crippen LogP contribution < -0.4 is 15.5 Å². The Balaban J connectivity index is 1.49. The van der Waals surface area contributed by atoms with Crippen molar-refractivity contribution in [3.63, 3.8) is 0 Å². The summed E-state index contributed by atoms with van der Waals surface area (Å²) in [6, 6.07) is 16.2. The zero-order chi connectivity index (χ0) is 23.4. The number of urea groups is 1. The van der Waals surface area contributed by atoms with Gasteiger partial charge in [-0.05, 0) is 36.8 Å². The Bertz CT molecular complexity index is 1060. The topological polar surface area (TPSA) is 91.0 Å². The van der Waals surface area contributed by atoms with Gasteiger partial charge in [-0.3, -0.25) is 9.69 Å². The molecular formula is C25H28N4O4. The van der Waals surface area contributed by atoms with Gasteiger partial charge in [-0.1, -0.05) is 30.3 Å². The molecule has 4 rings (SSSR count). The van der Waals surface area contributed by atoms with Gasteiger partial charge in [-0.2, -0.15) is 0 Å². The molecule has 172 valence electrons. The number of anilines is 1. The van der Waals surface area contributed by atoms with Crippen molar-refractivity contribution < 1.29 is 19.1 Å². The van der Waals surface area contributed by atoms with Crippen molar-refractivity contribution in [2.75, 3.05) is 44.7 Å². The average molecular weight is 449 g/mol. The number of esters is 1. The van der Waals surface area contributed by atoms with Crippen LogP contribution in [-0.2, 0) is 9.53 Å². The number of ketones is 1. The van der Waals surface area contributed by atoms with E-state index in [-0.39, 0.29) is 11.8 Å². The van der Waals surface area contributed by atoms with Crippen molar-refractivity contribution in [1.82, 2.24) is 15.5 Å². The number of methoxy groups -OCH3 is 1. The molecule has 2 aromatic rings. The number of hydrogen-bond donors (Lipinski definition) is 2. The van der Waals surface area contributed by atoms with Crippen LogP contribution in [0, 0.1) is 0 Å². The molecule has 0 radical (unpaired) electrons. The Morgan fingerprint density at radius 2 is 1.67 bits per heavy atom. The van der Waals surface area contributed by atoms with E-state index in [0.717, 1.165) is 37.4 Å². The lowest BCUT2D eigenvalue weighted by atomic mass is 9.95. The number of Topliss-reactive ketones (excluding diaryl/α,β-unsaturated/α-hetero) is 1. The highest BCUT2D eigenvalue weighted by Crippen LogP contribution is 2.28. The number of nitrogens with one attached hydrogen (secondary N) is 2. The minimum absolute atomic E-state index is 0.0545. The molecule has 1 unspecified atom stereocenters. The lowest BCUT2D eigenvalue weighted by molar-refractivity contribution is -0.136. The first-order valence-electron chi connectivity index (χ1n) is 11.0. The molecule has 2 N–H and O–H groups in total. The number of hydrogen-bond acceptors (Lipinski definition) is 6. The quantitative estimate of drug-likeness (QED) is 0.521. The predicted octanol–water partition coefficient (Wildman–Crippen LogP) is 2.49. The molecule has 0 aromatic heterocycles. The van der Waals surface area contributed by atoms with Crippen molar-refractivity contribution >= 4 is 23.5 Å². The van der Waals surface area contributed by atoms with Gasteiger partial charge in [0, 0.05) is 49.7 Å². The molecule has 8 nitrogen and oxygen atoms in total. The van der Waals surface area contributed by atoms with Crippen LogP contribution >= 0.6 is 0 Å². The zero-order valence-corrected chi connectivity index (χ0v) is 18.8. The molecule has 8 heteroatoms. The monoisotopic (exact) mass is 448 g/mol. The molecule has 33 heavy (non-hydrogen) atoms. The summed E-state index contributed by atoms with van der Waals surface area (Å²) in [4.78, 5) is 41.1. The summed E-state index contributed by atoms with van der Waals surface area (Å²) in [6.45, 7) is 5.14. The highest BCUT2D eigenvalue weighted by molar-refractivity contribution is 5.95. The number of amides is 2. The van der Waals surface area contributed by atoms with Crippen molar-refractivity contribution in [3.8, 4) is 0 Å². The maximum Gasteiger partial charge on any atom is 0.338 e. The summed E-state index contributed by atoms with van der Waals surface area (Å²) in [6.07, 6.45) is 0. The van der Waals surface area contributed by atoms with Crippen LogP contribution in [0.5, 0.6) is 0 Å². The van der Waals surface area contributed by atoms with Crippen molar-refractivity contribution in [3.05, 3.63) is 77.0 Å². The molecule has 1 saturated heterocycles. The summed E-state index contributed by atoms with van der Waals surface area (Å²) in [5, 5.41) is 5.68. The highest BCUT2D eigenvalue weighted by Gasteiger charge is 2.34. The molecule has 0 aliphatic carbocycles. The Morgan fingerprint density at radius 3 is 2.27 bits per heavy atom. The van der Waals surface area contributed by atoms with E-state index in [9.17, 15) is 14.4 Å². The van der Waals surface area contributed by atoms with E-state index in [4.69, 9.17) is 4.74 Å². The molecule has 1 fully saturated rings. The lowest BCUT2D eigenvalue weighted by Crippen LogP contribution is -2.51. The second-order valence-electron chi connectivity index (χ2n) is 8.19. The molecule has 2 aliphatic rings. The predicted molar refractivity (Wildman–Crippen MR) is 125 cm³/mol. The Labute approximate surface area is 193 Å². The Hall–Kier alpha value is -3.65. The molecular weight excluding hydrogens is 420 g/mol. The van der Waals surface area contributed by atoms with Crippen molar-refractivity contribution in [2.24, 2.45) is 0 Å². The summed E-state index contributed by atoms with van der Waals surface area (Å²) >= 11 is 0. The number of benzene rings is 2. The SMILES string of the molecule is COC(=O)C1=C(CN2CCN(c3ccc(C(C)=O)cc3)CC2)NC(=O)NC1c1ccccc1. The van der Waals surface area contributed by atoms with Gasteiger partial charge in [0.15, 0.2) is 5.78 Å². The van der Waals surface area contributed by atoms with E-state index >= 15 is 0 Å². The first-order chi connectivity index (χ1) is 16.0. The molecule has 2 heterocycles. The van der Waals surface area contributed by atoms with E-state index in [1.54, 1.807) is 6.92 Å². The Kier molecular flexibility index (Phi) is 6.74. The highest BCUT2D eigenvalue weighted by atomic mass is 16.5. The lowest BCUT2D eigenvalue weighted by Gasteiger charge is -2.38. The van der Waals surface area contributed by atoms with Gasteiger partial charge in [0.05, 0.1) is 18.7 Å². The van der Waals surface area contributed by atoms with Gasteiger partial charge in [0.25, 0.3) is 0 Å². The third kappa shape index (κ3) is 5.06. The fourth-order valence-electron chi connectivity index (χ4n) is 4.28. The first-order valence-corrected chi connectivity index (χ1v) is 11.0. The van der Waals surface area contributed by atoms with Crippen molar-refractivity contribution in [2.45, 2.75) is 13.0 Å². The van der Waals surface area contributed by atoms with Gasteiger partial charge >= 0.3 is 12.0 Å². The summed E-state index contributed by atoms with van der Waals surface area (Å²) < 4.78 is 5.06. The second-order valence-corrected chi connectivity index (χ2v) is 8.19. The molecule has 0 saturated carbocycles. The van der Waals surface area contributed by atoms with Crippen LogP contribution in [0.4, 0.5) is 10.5 Å². The second kappa shape index (κ2) is 9.87. The van der Waals surface area contributed by atoms with E-state index in [2.05, 4.69) is 20.4 Å². The van der Waals surface area contributed by atoms with E-state index in [1.807, 2.05) is 54.6 Å². The fraction of sp³-hybridized carbons (Fsp3) is 0.320. The fourth-order valence-corrected chi connectivity index (χ4v) is 4.28. The maximum atomic E-state index is 12.7. The van der Waals surface area contributed by atoms with Crippen LogP contribution in [0.3, 0.4) is 0 Å². The van der Waals surface area contributed by atoms with Gasteiger partial charge in [-0.25, -0.2) is 9.59 Å². The van der Waals surface area contributed by atoms with Gasteiger partial charge in [-0.15, -0.1) is 0 Å². The van der Waals surface area contributed by atoms with E-state index < -0.39 is 12.0 Å². The minimum atomic E-state index is -0.566. The van der Waals surface area contributed by atoms with E-state index in [1.165, 1.54) is 7.11 Å². The van der Waals surface area contributed by atoms with Crippen LogP contribution in [0.1, 0.15) is 28.9 Å². The number of nitrogens with zero attached hydrogens (tertiary/aromatic N) is 2. The molecule has 0 bridgehead atoms. The summed E-state index contributed by atoms with van der Waals surface area (Å²) in [5.74, 6) is -0.408. The number of piperazine rings is 1. The average Bonchev–Trinajstić information content (AvgIpc) is 2.84. The van der Waals surface area contributed by atoms with Crippen LogP contribution in [0.2, 0.25) is 0 Å². The number of ether oxygens (including phenoxy) is 1. The minimum Gasteiger partial charge on any atom is -0.466 e. The summed E-state index contributed by atoms with van der Waals surface area (Å²) in [7, 11) is 1.35. The van der Waals surface area contributed by atoms with Gasteiger partial charge < -0.3 is 20.3 Å². The molecule has 1 atom stereocenters. The number of rotatable bonds is 6. The van der Waals surface area contributed by atoms with Crippen LogP contribution in [0.15, 0.2) is 65.9 Å². The van der Waals surface area contributed by atoms with Gasteiger partial charge in [0.1, 0.15) is 0 Å². The molecule has 2 aliphatic heterocycles. The van der Waals surface area contributed by atoms with Gasteiger partial charge in [0.2, 0.25) is 0 Å². The largest absolute Gasteiger partial charge is 0.466 e. The Morgan fingerprint density at radius 1 is 1.00 bits per heavy atom. The summed E-state index contributed by atoms with van der Waals surface area (Å²) in [5.41, 5.74) is 3.59. The van der Waals surface area contributed by atoms with E-state index in [0.29, 0.717) is 23.4 Å². The van der Waals surface area contributed by atoms with Crippen molar-refractivity contribution in [1.29, 1.82) is 0 Å². The normalized spacial score (nSPS) is 19.0. The smallest absolute Gasteiger partial charge is 0.338 e. The standard InChI is InChI=1S/C25H28N4O4/c1-17(30)18-8-10-20(11-9-18)29-14-12-28(13-15-29)16-21-22(24(31)33-2)23(27-25(32)26-21)19-6-4-3-5-7-19/h3-11,23H,12-16H2,1-2H3,(H2,26,27,32). The third-order valence-electron chi connectivity index (χ3n) is 6.08. The van der Waals surface area contributed by atoms with Crippen LogP contribution in [0.25, 0.3) is 0 Å². The molecule has 0 spiro atoms.